The molecule has 0 atom stereocenters. The molecule has 0 saturated carbocycles. The number of hydrogen-bond donors (Lipinski definition) is 1. The molecule has 0 amide bonds. The number of nitrogens with one attached hydrogen (secondary N) is 1. The van der Waals surface area contributed by atoms with Crippen LogP contribution in [0, 0.1) is 5.82 Å². The zero-order valence-corrected chi connectivity index (χ0v) is 13.6. The van der Waals surface area contributed by atoms with Gasteiger partial charge in [0, 0.05) is 11.8 Å². The van der Waals surface area contributed by atoms with Gasteiger partial charge in [-0.2, -0.15) is 5.10 Å². The van der Waals surface area contributed by atoms with Crippen LogP contribution >= 0.6 is 0 Å². The predicted molar refractivity (Wildman–Crippen MR) is 89.5 cm³/mol. The monoisotopic (exact) mass is 342 g/mol. The molecule has 0 aliphatic heterocycles. The van der Waals surface area contributed by atoms with E-state index < -0.39 is 11.8 Å². The lowest BCUT2D eigenvalue weighted by atomic mass is 10.0. The average Bonchev–Trinajstić information content (AvgIpc) is 2.64. The maximum absolute atomic E-state index is 13.8. The molecule has 0 aliphatic carbocycles. The molecule has 0 radical (unpaired) electrons. The Kier molecular flexibility index (Phi) is 4.47. The number of fused-ring (bicyclic) bond motifs is 1. The Morgan fingerprint density at radius 2 is 1.96 bits per heavy atom. The number of nitrogens with zero attached hydrogens (tertiary/aromatic N) is 1. The Morgan fingerprint density at radius 3 is 2.68 bits per heavy atom. The summed E-state index contributed by atoms with van der Waals surface area (Å²) in [6, 6.07) is 9.24. The zero-order valence-electron chi connectivity index (χ0n) is 13.6. The molecule has 0 saturated heterocycles. The molecule has 0 aliphatic rings. The maximum Gasteiger partial charge on any atom is 0.340 e. The van der Waals surface area contributed by atoms with Gasteiger partial charge in [0.25, 0.3) is 5.56 Å². The molecule has 1 N–H and O–H groups in total. The van der Waals surface area contributed by atoms with Crippen LogP contribution in [0.5, 0.6) is 5.75 Å². The summed E-state index contributed by atoms with van der Waals surface area (Å²) >= 11 is 0. The first-order valence-electron chi connectivity index (χ1n) is 7.45. The van der Waals surface area contributed by atoms with E-state index in [2.05, 4.69) is 14.9 Å². The fourth-order valence-electron chi connectivity index (χ4n) is 2.60. The van der Waals surface area contributed by atoms with Gasteiger partial charge in [0.1, 0.15) is 11.6 Å². The van der Waals surface area contributed by atoms with Crippen molar-refractivity contribution in [3.8, 4) is 5.75 Å². The smallest absolute Gasteiger partial charge is 0.340 e. The lowest BCUT2D eigenvalue weighted by Crippen LogP contribution is -2.12. The van der Waals surface area contributed by atoms with Crippen molar-refractivity contribution in [2.24, 2.45) is 0 Å². The van der Waals surface area contributed by atoms with E-state index in [0.717, 1.165) is 0 Å². The molecule has 128 valence electrons. The highest BCUT2D eigenvalue weighted by Crippen LogP contribution is 2.23. The molecule has 3 aromatic rings. The van der Waals surface area contributed by atoms with Gasteiger partial charge in [0.2, 0.25) is 0 Å². The summed E-state index contributed by atoms with van der Waals surface area (Å²) in [6.45, 7) is 0. The number of aromatic nitrogens is 2. The number of esters is 1. The minimum absolute atomic E-state index is 0.147. The summed E-state index contributed by atoms with van der Waals surface area (Å²) in [6.07, 6.45) is 0.296. The van der Waals surface area contributed by atoms with Crippen LogP contribution in [0.25, 0.3) is 10.8 Å². The molecular formula is C18H15FN2O4. The number of benzene rings is 2. The highest BCUT2D eigenvalue weighted by atomic mass is 19.1. The first-order chi connectivity index (χ1) is 12.0. The van der Waals surface area contributed by atoms with Crippen LogP contribution in [0.1, 0.15) is 21.6 Å². The average molecular weight is 342 g/mol. The summed E-state index contributed by atoms with van der Waals surface area (Å²) < 4.78 is 23.5. The molecule has 2 aromatic carbocycles. The summed E-state index contributed by atoms with van der Waals surface area (Å²) in [5.74, 6) is -0.813. The van der Waals surface area contributed by atoms with E-state index in [-0.39, 0.29) is 11.1 Å². The molecule has 1 heterocycles. The van der Waals surface area contributed by atoms with Crippen LogP contribution in [0.4, 0.5) is 4.39 Å². The van der Waals surface area contributed by atoms with Crippen molar-refractivity contribution in [2.75, 3.05) is 14.2 Å². The first kappa shape index (κ1) is 16.6. The fraction of sp³-hybridized carbons (Fsp3) is 0.167. The van der Waals surface area contributed by atoms with Crippen LogP contribution in [-0.2, 0) is 11.2 Å². The molecule has 0 unspecified atom stereocenters. The van der Waals surface area contributed by atoms with Gasteiger partial charge in [-0.1, -0.05) is 6.07 Å². The van der Waals surface area contributed by atoms with Gasteiger partial charge < -0.3 is 9.47 Å². The van der Waals surface area contributed by atoms with Crippen LogP contribution in [0.3, 0.4) is 0 Å². The van der Waals surface area contributed by atoms with Gasteiger partial charge in [0.05, 0.1) is 30.9 Å². The van der Waals surface area contributed by atoms with Crippen molar-refractivity contribution in [2.45, 2.75) is 6.42 Å². The fourth-order valence-corrected chi connectivity index (χ4v) is 2.60. The van der Waals surface area contributed by atoms with Crippen LogP contribution in [0.15, 0.2) is 41.2 Å². The van der Waals surface area contributed by atoms with Crippen LogP contribution in [0.2, 0.25) is 0 Å². The third-order valence-electron chi connectivity index (χ3n) is 3.88. The van der Waals surface area contributed by atoms with E-state index in [9.17, 15) is 14.0 Å². The van der Waals surface area contributed by atoms with Gasteiger partial charge >= 0.3 is 5.97 Å². The van der Waals surface area contributed by atoms with Crippen LogP contribution < -0.4 is 10.3 Å². The number of hydrogen-bond acceptors (Lipinski definition) is 5. The topological polar surface area (TPSA) is 81.3 Å². The number of carbonyl (C=O) groups is 1. The van der Waals surface area contributed by atoms with Crippen molar-refractivity contribution < 1.29 is 18.7 Å². The Balaban J connectivity index is 2.08. The minimum Gasteiger partial charge on any atom is -0.497 e. The molecule has 7 heteroatoms. The molecule has 0 bridgehead atoms. The number of carbonyl (C=O) groups excluding carboxylic acids is 1. The SMILES string of the molecule is COC(=O)c1cc(Cc2n[nH]c(=O)c3ccc(OC)cc23)ccc1F. The highest BCUT2D eigenvalue weighted by molar-refractivity contribution is 5.90. The van der Waals surface area contributed by atoms with Crippen molar-refractivity contribution in [1.82, 2.24) is 10.2 Å². The summed E-state index contributed by atoms with van der Waals surface area (Å²) in [5.41, 5.74) is 0.781. The third-order valence-corrected chi connectivity index (χ3v) is 3.88. The van der Waals surface area contributed by atoms with Gasteiger partial charge in [-0.05, 0) is 35.9 Å². The second-order valence-electron chi connectivity index (χ2n) is 5.39. The van der Waals surface area contributed by atoms with E-state index in [4.69, 9.17) is 4.74 Å². The molecule has 3 rings (SSSR count). The molecule has 6 nitrogen and oxygen atoms in total. The Morgan fingerprint density at radius 1 is 1.16 bits per heavy atom. The van der Waals surface area contributed by atoms with Crippen molar-refractivity contribution >= 4 is 16.7 Å². The van der Waals surface area contributed by atoms with E-state index in [1.165, 1.54) is 26.4 Å². The number of ether oxygens (including phenoxy) is 2. The molecule has 0 spiro atoms. The van der Waals surface area contributed by atoms with Crippen molar-refractivity contribution in [3.63, 3.8) is 0 Å². The quantitative estimate of drug-likeness (QED) is 0.737. The minimum atomic E-state index is -0.750. The van der Waals surface area contributed by atoms with Crippen LogP contribution in [-0.4, -0.2) is 30.4 Å². The lowest BCUT2D eigenvalue weighted by molar-refractivity contribution is 0.0595. The molecule has 0 fully saturated rings. The Hall–Kier alpha value is -3.22. The second-order valence-corrected chi connectivity index (χ2v) is 5.39. The molecular weight excluding hydrogens is 327 g/mol. The third kappa shape index (κ3) is 3.21. The number of methoxy groups -OCH3 is 2. The zero-order chi connectivity index (χ0) is 18.0. The van der Waals surface area contributed by atoms with Gasteiger partial charge in [-0.15, -0.1) is 0 Å². The lowest BCUT2D eigenvalue weighted by Gasteiger charge is -2.08. The van der Waals surface area contributed by atoms with Gasteiger partial charge in [0.15, 0.2) is 0 Å². The molecule has 25 heavy (non-hydrogen) atoms. The number of H-pyrrole nitrogens is 1. The summed E-state index contributed by atoms with van der Waals surface area (Å²) in [7, 11) is 2.72. The van der Waals surface area contributed by atoms with Crippen molar-refractivity contribution in [3.05, 3.63) is 69.4 Å². The number of aromatic amines is 1. The normalized spacial score (nSPS) is 10.7. The highest BCUT2D eigenvalue weighted by Gasteiger charge is 2.14. The van der Waals surface area contributed by atoms with E-state index >= 15 is 0 Å². The van der Waals surface area contributed by atoms with E-state index in [0.29, 0.717) is 34.2 Å². The first-order valence-corrected chi connectivity index (χ1v) is 7.45. The standard InChI is InChI=1S/C18H15FN2O4/c1-24-11-4-5-12-13(9-11)16(20-21-17(12)22)8-10-3-6-15(19)14(7-10)18(23)25-2/h3-7,9H,8H2,1-2H3,(H,21,22). The number of halogens is 1. The maximum atomic E-state index is 13.8. The van der Waals surface area contributed by atoms with Gasteiger partial charge in [-0.3, -0.25) is 4.79 Å². The van der Waals surface area contributed by atoms with E-state index in [1.807, 2.05) is 0 Å². The molecule has 1 aromatic heterocycles. The predicted octanol–water partition coefficient (Wildman–Crippen LogP) is 2.45. The second kappa shape index (κ2) is 6.72. The number of rotatable bonds is 4. The van der Waals surface area contributed by atoms with E-state index in [1.54, 1.807) is 24.3 Å². The largest absolute Gasteiger partial charge is 0.497 e. The van der Waals surface area contributed by atoms with Gasteiger partial charge in [-0.25, -0.2) is 14.3 Å². The van der Waals surface area contributed by atoms with Crippen molar-refractivity contribution in [1.29, 1.82) is 0 Å². The Bertz CT molecular complexity index is 1010. The summed E-state index contributed by atoms with van der Waals surface area (Å²) in [4.78, 5) is 23.6. The summed E-state index contributed by atoms with van der Waals surface area (Å²) in [5, 5.41) is 7.64. The Labute approximate surface area is 142 Å².